The van der Waals surface area contributed by atoms with Gasteiger partial charge in [0.1, 0.15) is 6.61 Å². The fraction of sp³-hybridized carbons (Fsp3) is 0.286. The van der Waals surface area contributed by atoms with Crippen molar-refractivity contribution in [3.05, 3.63) is 96.3 Å². The van der Waals surface area contributed by atoms with Gasteiger partial charge in [-0.2, -0.15) is 0 Å². The lowest BCUT2D eigenvalue weighted by atomic mass is 9.89. The molecule has 0 radical (unpaired) electrons. The van der Waals surface area contributed by atoms with Gasteiger partial charge in [0, 0.05) is 35.5 Å². The van der Waals surface area contributed by atoms with E-state index in [-0.39, 0.29) is 12.0 Å². The van der Waals surface area contributed by atoms with Crippen molar-refractivity contribution in [3.63, 3.8) is 0 Å². The molecule has 2 heterocycles. The summed E-state index contributed by atoms with van der Waals surface area (Å²) in [6, 6.07) is 25.7. The van der Waals surface area contributed by atoms with E-state index in [4.69, 9.17) is 9.47 Å². The van der Waals surface area contributed by atoms with E-state index >= 15 is 0 Å². The minimum atomic E-state index is 0.0814. The van der Waals surface area contributed by atoms with Crippen molar-refractivity contribution in [1.82, 2.24) is 15.3 Å². The third-order valence-corrected chi connectivity index (χ3v) is 7.08. The molecule has 0 aliphatic carbocycles. The van der Waals surface area contributed by atoms with Crippen LogP contribution in [-0.2, 0) is 11.3 Å². The number of thioether (sulfide) groups is 1. The van der Waals surface area contributed by atoms with Crippen molar-refractivity contribution in [2.75, 3.05) is 25.4 Å². The minimum absolute atomic E-state index is 0.0814. The molecule has 1 saturated heterocycles. The number of fused-ring (bicyclic) bond motifs is 1. The highest BCUT2D eigenvalue weighted by atomic mass is 32.2. The largest absolute Gasteiger partial charge is 0.463 e. The quantitative estimate of drug-likeness (QED) is 0.258. The van der Waals surface area contributed by atoms with Gasteiger partial charge in [0.05, 0.1) is 12.7 Å². The molecule has 3 aromatic carbocycles. The van der Waals surface area contributed by atoms with E-state index in [1.54, 1.807) is 11.8 Å². The molecule has 5 rings (SSSR count). The molecule has 0 amide bonds. The van der Waals surface area contributed by atoms with Crippen molar-refractivity contribution < 1.29 is 9.47 Å². The van der Waals surface area contributed by atoms with Crippen LogP contribution in [0.1, 0.15) is 23.5 Å². The molecule has 5 nitrogen and oxygen atoms in total. The van der Waals surface area contributed by atoms with Crippen LogP contribution in [0.3, 0.4) is 0 Å². The Balaban J connectivity index is 1.15. The first-order valence-electron chi connectivity index (χ1n) is 11.8. The van der Waals surface area contributed by atoms with Gasteiger partial charge < -0.3 is 14.8 Å². The van der Waals surface area contributed by atoms with Crippen molar-refractivity contribution in [1.29, 1.82) is 0 Å². The molecule has 1 N–H and O–H groups in total. The van der Waals surface area contributed by atoms with Gasteiger partial charge in [0.25, 0.3) is 0 Å². The molecule has 0 spiro atoms. The molecule has 1 aliphatic rings. The zero-order valence-corrected chi connectivity index (χ0v) is 19.9. The van der Waals surface area contributed by atoms with Crippen LogP contribution in [0, 0.1) is 0 Å². The Bertz CT molecular complexity index is 1190. The molecule has 1 fully saturated rings. The Labute approximate surface area is 204 Å². The van der Waals surface area contributed by atoms with Gasteiger partial charge in [-0.15, -0.1) is 11.8 Å². The van der Waals surface area contributed by atoms with Crippen molar-refractivity contribution >= 4 is 22.5 Å². The van der Waals surface area contributed by atoms with Crippen LogP contribution in [-0.4, -0.2) is 41.5 Å². The highest BCUT2D eigenvalue weighted by molar-refractivity contribution is 7.99. The molecule has 2 unspecified atom stereocenters. The van der Waals surface area contributed by atoms with Gasteiger partial charge in [-0.25, -0.2) is 9.97 Å². The highest BCUT2D eigenvalue weighted by Crippen LogP contribution is 2.28. The molecular formula is C28H29N3O2S. The van der Waals surface area contributed by atoms with Crippen molar-refractivity contribution in [3.8, 4) is 6.01 Å². The second-order valence-corrected chi connectivity index (χ2v) is 9.61. The lowest BCUT2D eigenvalue weighted by Gasteiger charge is -2.32. The summed E-state index contributed by atoms with van der Waals surface area (Å²) in [7, 11) is 0. The van der Waals surface area contributed by atoms with E-state index < -0.39 is 0 Å². The van der Waals surface area contributed by atoms with E-state index in [0.29, 0.717) is 19.2 Å². The highest BCUT2D eigenvalue weighted by Gasteiger charge is 2.28. The average molecular weight is 472 g/mol. The number of benzene rings is 3. The molecule has 34 heavy (non-hydrogen) atoms. The van der Waals surface area contributed by atoms with E-state index in [1.165, 1.54) is 21.2 Å². The zero-order valence-electron chi connectivity index (χ0n) is 19.1. The van der Waals surface area contributed by atoms with Gasteiger partial charge in [-0.1, -0.05) is 54.6 Å². The molecular weight excluding hydrogens is 442 g/mol. The van der Waals surface area contributed by atoms with E-state index in [1.807, 2.05) is 30.6 Å². The Hall–Kier alpha value is -2.93. The summed E-state index contributed by atoms with van der Waals surface area (Å²) in [6.07, 6.45) is 4.88. The second kappa shape index (κ2) is 11.5. The molecule has 0 saturated carbocycles. The van der Waals surface area contributed by atoms with Gasteiger partial charge in [-0.3, -0.25) is 0 Å². The Kier molecular flexibility index (Phi) is 7.71. The molecule has 6 heteroatoms. The van der Waals surface area contributed by atoms with Crippen LogP contribution in [0.4, 0.5) is 0 Å². The van der Waals surface area contributed by atoms with Crippen LogP contribution >= 0.6 is 11.8 Å². The summed E-state index contributed by atoms with van der Waals surface area (Å²) in [6.45, 7) is 2.96. The Morgan fingerprint density at radius 1 is 0.912 bits per heavy atom. The molecule has 2 atom stereocenters. The van der Waals surface area contributed by atoms with E-state index in [0.717, 1.165) is 30.8 Å². The van der Waals surface area contributed by atoms with Crippen LogP contribution in [0.15, 0.2) is 90.1 Å². The molecule has 0 bridgehead atoms. The van der Waals surface area contributed by atoms with Crippen LogP contribution in [0.2, 0.25) is 0 Å². The summed E-state index contributed by atoms with van der Waals surface area (Å²) in [5.74, 6) is 1.12. The van der Waals surface area contributed by atoms with E-state index in [2.05, 4.69) is 69.9 Å². The number of nitrogens with one attached hydrogen (secondary N) is 1. The third kappa shape index (κ3) is 5.95. The summed E-state index contributed by atoms with van der Waals surface area (Å²) >= 11 is 1.77. The predicted molar refractivity (Wildman–Crippen MR) is 137 cm³/mol. The maximum atomic E-state index is 6.38. The van der Waals surface area contributed by atoms with Gasteiger partial charge in [-0.05, 0) is 53.1 Å². The average Bonchev–Trinajstić information content (AvgIpc) is 2.91. The van der Waals surface area contributed by atoms with Crippen LogP contribution in [0.25, 0.3) is 10.8 Å². The number of hydrogen-bond acceptors (Lipinski definition) is 6. The van der Waals surface area contributed by atoms with Crippen LogP contribution < -0.4 is 10.1 Å². The first-order valence-corrected chi connectivity index (χ1v) is 12.8. The van der Waals surface area contributed by atoms with Gasteiger partial charge in [0.2, 0.25) is 0 Å². The summed E-state index contributed by atoms with van der Waals surface area (Å²) in [5, 5.41) is 5.96. The number of rotatable bonds is 9. The predicted octanol–water partition coefficient (Wildman–Crippen LogP) is 5.46. The third-order valence-electron chi connectivity index (χ3n) is 6.11. The standard InChI is InChI=1S/C28H29N3O2S/c1-2-8-25(9-3-1)34-15-14-32-28-30-17-24(18-31-28)26-12-13-29-19-27(26)33-20-21-10-11-22-6-4-5-7-23(22)16-21/h1-11,16-18,26-27,29H,12-15,19-20H2. The first kappa shape index (κ1) is 22.8. The first-order chi connectivity index (χ1) is 16.8. The summed E-state index contributed by atoms with van der Waals surface area (Å²) in [4.78, 5) is 10.2. The SMILES string of the molecule is c1ccc(SCCOc2ncc(C3CCNCC3OCc3ccc4ccccc4c3)cn2)cc1. The summed E-state index contributed by atoms with van der Waals surface area (Å²) in [5.41, 5.74) is 2.30. The number of ether oxygens (including phenoxy) is 2. The lowest BCUT2D eigenvalue weighted by molar-refractivity contribution is 0.0105. The van der Waals surface area contributed by atoms with Crippen molar-refractivity contribution in [2.24, 2.45) is 0 Å². The normalized spacial score (nSPS) is 18.1. The fourth-order valence-electron chi connectivity index (χ4n) is 4.32. The molecule has 1 aliphatic heterocycles. The molecule has 174 valence electrons. The smallest absolute Gasteiger partial charge is 0.316 e. The zero-order chi connectivity index (χ0) is 23.0. The maximum Gasteiger partial charge on any atom is 0.316 e. The number of nitrogens with zero attached hydrogens (tertiary/aromatic N) is 2. The topological polar surface area (TPSA) is 56.3 Å². The lowest BCUT2D eigenvalue weighted by Crippen LogP contribution is -2.41. The number of aromatic nitrogens is 2. The molecule has 4 aromatic rings. The van der Waals surface area contributed by atoms with Crippen molar-refractivity contribution in [2.45, 2.75) is 29.9 Å². The maximum absolute atomic E-state index is 6.38. The Morgan fingerprint density at radius 2 is 1.71 bits per heavy atom. The second-order valence-electron chi connectivity index (χ2n) is 8.44. The monoisotopic (exact) mass is 471 g/mol. The molecule has 1 aromatic heterocycles. The van der Waals surface area contributed by atoms with Gasteiger partial charge in [0.15, 0.2) is 0 Å². The number of piperidine rings is 1. The van der Waals surface area contributed by atoms with E-state index in [9.17, 15) is 0 Å². The summed E-state index contributed by atoms with van der Waals surface area (Å²) < 4.78 is 12.1. The minimum Gasteiger partial charge on any atom is -0.463 e. The van der Waals surface area contributed by atoms with Gasteiger partial charge >= 0.3 is 6.01 Å². The number of hydrogen-bond donors (Lipinski definition) is 1. The van der Waals surface area contributed by atoms with Crippen LogP contribution in [0.5, 0.6) is 6.01 Å². The Morgan fingerprint density at radius 3 is 2.56 bits per heavy atom. The fourth-order valence-corrected chi connectivity index (χ4v) is 5.07.